The zero-order valence-electron chi connectivity index (χ0n) is 11.6. The van der Waals surface area contributed by atoms with E-state index in [-0.39, 0.29) is 23.6 Å². The summed E-state index contributed by atoms with van der Waals surface area (Å²) in [6.45, 7) is 1.67. The topological polar surface area (TPSA) is 84.3 Å². The maximum atomic E-state index is 12.4. The second-order valence-electron chi connectivity index (χ2n) is 5.75. The van der Waals surface area contributed by atoms with E-state index in [4.69, 9.17) is 0 Å². The molecule has 2 fully saturated rings. The summed E-state index contributed by atoms with van der Waals surface area (Å²) >= 11 is 3.36. The first-order valence-electron chi connectivity index (χ1n) is 6.97. The van der Waals surface area contributed by atoms with E-state index in [1.165, 1.54) is 6.07 Å². The summed E-state index contributed by atoms with van der Waals surface area (Å²) in [7, 11) is 0. The van der Waals surface area contributed by atoms with Gasteiger partial charge in [0.25, 0.3) is 5.69 Å². The van der Waals surface area contributed by atoms with Crippen LogP contribution in [0.15, 0.2) is 16.6 Å². The predicted octanol–water partition coefficient (Wildman–Crippen LogP) is 2.74. The Morgan fingerprint density at radius 3 is 2.81 bits per heavy atom. The molecule has 3 unspecified atom stereocenters. The number of rotatable bonds is 3. The monoisotopic (exact) mass is 353 g/mol. The molecule has 2 N–H and O–H groups in total. The van der Waals surface area contributed by atoms with E-state index in [1.807, 2.05) is 0 Å². The summed E-state index contributed by atoms with van der Waals surface area (Å²) in [5.41, 5.74) is 1.03. The van der Waals surface area contributed by atoms with E-state index in [2.05, 4.69) is 26.6 Å². The predicted molar refractivity (Wildman–Crippen MR) is 82.2 cm³/mol. The van der Waals surface area contributed by atoms with E-state index < -0.39 is 4.92 Å². The van der Waals surface area contributed by atoms with Gasteiger partial charge in [0.1, 0.15) is 0 Å². The van der Waals surface area contributed by atoms with Gasteiger partial charge in [0.05, 0.1) is 16.5 Å². The van der Waals surface area contributed by atoms with Gasteiger partial charge in [-0.1, -0.05) is 0 Å². The van der Waals surface area contributed by atoms with Crippen LogP contribution in [-0.4, -0.2) is 22.9 Å². The Kier molecular flexibility index (Phi) is 3.71. The first-order chi connectivity index (χ1) is 9.95. The van der Waals surface area contributed by atoms with Crippen molar-refractivity contribution in [3.8, 4) is 0 Å². The number of nitrogens with one attached hydrogen (secondary N) is 2. The van der Waals surface area contributed by atoms with Gasteiger partial charge in [-0.3, -0.25) is 14.9 Å². The molecule has 7 heteroatoms. The molecule has 2 saturated heterocycles. The Morgan fingerprint density at radius 2 is 2.24 bits per heavy atom. The SMILES string of the molecule is Cc1cc(Br)c(NC(=O)C2CC3CCC2N3)cc1[N+](=O)[O-]. The van der Waals surface area contributed by atoms with E-state index in [1.54, 1.807) is 13.0 Å². The molecule has 112 valence electrons. The first-order valence-corrected chi connectivity index (χ1v) is 7.76. The number of amides is 1. The molecule has 21 heavy (non-hydrogen) atoms. The summed E-state index contributed by atoms with van der Waals surface area (Å²) < 4.78 is 0.662. The Morgan fingerprint density at radius 1 is 1.48 bits per heavy atom. The van der Waals surface area contributed by atoms with Crippen molar-refractivity contribution >= 4 is 33.2 Å². The number of carbonyl (C=O) groups is 1. The molecule has 2 bridgehead atoms. The summed E-state index contributed by atoms with van der Waals surface area (Å²) in [5, 5.41) is 17.2. The Hall–Kier alpha value is -1.47. The number of nitro groups is 1. The Balaban J connectivity index is 1.80. The van der Waals surface area contributed by atoms with Crippen molar-refractivity contribution in [1.82, 2.24) is 5.32 Å². The third-order valence-electron chi connectivity index (χ3n) is 4.38. The van der Waals surface area contributed by atoms with E-state index in [0.29, 0.717) is 21.8 Å². The van der Waals surface area contributed by atoms with Crippen molar-refractivity contribution < 1.29 is 9.72 Å². The summed E-state index contributed by atoms with van der Waals surface area (Å²) in [5.74, 6) is -0.107. The lowest BCUT2D eigenvalue weighted by molar-refractivity contribution is -0.385. The van der Waals surface area contributed by atoms with Crippen molar-refractivity contribution in [2.24, 2.45) is 5.92 Å². The number of carbonyl (C=O) groups excluding carboxylic acids is 1. The molecule has 1 amide bonds. The number of aryl methyl sites for hydroxylation is 1. The van der Waals surface area contributed by atoms with Gasteiger partial charge in [-0.2, -0.15) is 0 Å². The van der Waals surface area contributed by atoms with Crippen molar-refractivity contribution in [2.75, 3.05) is 5.32 Å². The van der Waals surface area contributed by atoms with Gasteiger partial charge in [0.2, 0.25) is 5.91 Å². The molecule has 1 aromatic carbocycles. The van der Waals surface area contributed by atoms with Crippen molar-refractivity contribution in [2.45, 2.75) is 38.3 Å². The zero-order chi connectivity index (χ0) is 15.1. The molecule has 1 aromatic rings. The highest BCUT2D eigenvalue weighted by atomic mass is 79.9. The third kappa shape index (κ3) is 2.67. The molecule has 2 heterocycles. The molecule has 0 saturated carbocycles. The minimum absolute atomic E-state index is 0.0135. The second-order valence-corrected chi connectivity index (χ2v) is 6.61. The number of nitro benzene ring substituents is 1. The highest BCUT2D eigenvalue weighted by Gasteiger charge is 2.42. The van der Waals surface area contributed by atoms with Crippen LogP contribution in [-0.2, 0) is 4.79 Å². The van der Waals surface area contributed by atoms with Crippen LogP contribution in [0.25, 0.3) is 0 Å². The fourth-order valence-electron chi connectivity index (χ4n) is 3.29. The van der Waals surface area contributed by atoms with Crippen LogP contribution in [0.1, 0.15) is 24.8 Å². The molecule has 3 atom stereocenters. The average Bonchev–Trinajstić information content (AvgIpc) is 3.03. The van der Waals surface area contributed by atoms with Crippen molar-refractivity contribution in [1.29, 1.82) is 0 Å². The molecular formula is C14H16BrN3O3. The van der Waals surface area contributed by atoms with Gasteiger partial charge < -0.3 is 10.6 Å². The van der Waals surface area contributed by atoms with Gasteiger partial charge in [0.15, 0.2) is 0 Å². The smallest absolute Gasteiger partial charge is 0.274 e. The molecule has 0 spiro atoms. The lowest BCUT2D eigenvalue weighted by Crippen LogP contribution is -2.32. The Labute approximate surface area is 130 Å². The minimum atomic E-state index is -0.434. The van der Waals surface area contributed by atoms with Crippen LogP contribution in [0, 0.1) is 23.0 Å². The molecule has 2 aliphatic heterocycles. The average molecular weight is 354 g/mol. The van der Waals surface area contributed by atoms with Gasteiger partial charge in [0, 0.05) is 28.2 Å². The standard InChI is InChI=1S/C14H16BrN3O3/c1-7-4-10(15)12(6-13(7)18(20)21)17-14(19)9-5-8-2-3-11(9)16-8/h4,6,8-9,11,16H,2-3,5H2,1H3,(H,17,19). The molecule has 6 nitrogen and oxygen atoms in total. The molecule has 0 aliphatic carbocycles. The van der Waals surface area contributed by atoms with Gasteiger partial charge >= 0.3 is 0 Å². The van der Waals surface area contributed by atoms with Crippen LogP contribution in [0.3, 0.4) is 0 Å². The normalized spacial score (nSPS) is 26.9. The number of hydrogen-bond donors (Lipinski definition) is 2. The molecule has 3 rings (SSSR count). The van der Waals surface area contributed by atoms with Crippen LogP contribution in [0.5, 0.6) is 0 Å². The fourth-order valence-corrected chi connectivity index (χ4v) is 3.85. The van der Waals surface area contributed by atoms with Crippen molar-refractivity contribution in [3.63, 3.8) is 0 Å². The van der Waals surface area contributed by atoms with Gasteiger partial charge in [-0.25, -0.2) is 0 Å². The summed E-state index contributed by atoms with van der Waals surface area (Å²) in [6.07, 6.45) is 3.01. The highest BCUT2D eigenvalue weighted by molar-refractivity contribution is 9.10. The molecular weight excluding hydrogens is 338 g/mol. The molecule has 0 aromatic heterocycles. The second kappa shape index (κ2) is 5.38. The van der Waals surface area contributed by atoms with Crippen LogP contribution >= 0.6 is 15.9 Å². The van der Waals surface area contributed by atoms with Crippen LogP contribution in [0.4, 0.5) is 11.4 Å². The molecule has 2 aliphatic rings. The lowest BCUT2D eigenvalue weighted by atomic mass is 9.88. The quantitative estimate of drug-likeness (QED) is 0.646. The van der Waals surface area contributed by atoms with Gasteiger partial charge in [-0.15, -0.1) is 0 Å². The minimum Gasteiger partial charge on any atom is -0.325 e. The number of hydrogen-bond acceptors (Lipinski definition) is 4. The van der Waals surface area contributed by atoms with E-state index >= 15 is 0 Å². The maximum absolute atomic E-state index is 12.4. The molecule has 0 radical (unpaired) electrons. The number of benzene rings is 1. The number of nitrogens with zero attached hydrogens (tertiary/aromatic N) is 1. The number of fused-ring (bicyclic) bond motifs is 2. The van der Waals surface area contributed by atoms with Crippen LogP contribution in [0.2, 0.25) is 0 Å². The number of halogens is 1. The first kappa shape index (κ1) is 14.5. The largest absolute Gasteiger partial charge is 0.325 e. The zero-order valence-corrected chi connectivity index (χ0v) is 13.1. The number of anilines is 1. The maximum Gasteiger partial charge on any atom is 0.274 e. The highest BCUT2D eigenvalue weighted by Crippen LogP contribution is 2.35. The summed E-state index contributed by atoms with van der Waals surface area (Å²) in [4.78, 5) is 22.9. The lowest BCUT2D eigenvalue weighted by Gasteiger charge is -2.19. The van der Waals surface area contributed by atoms with E-state index in [9.17, 15) is 14.9 Å². The Bertz CT molecular complexity index is 620. The fraction of sp³-hybridized carbons (Fsp3) is 0.500. The third-order valence-corrected chi connectivity index (χ3v) is 5.03. The summed E-state index contributed by atoms with van der Waals surface area (Å²) in [6, 6.07) is 3.76. The van der Waals surface area contributed by atoms with Crippen LogP contribution < -0.4 is 10.6 Å². The van der Waals surface area contributed by atoms with Gasteiger partial charge in [-0.05, 0) is 48.2 Å². The van der Waals surface area contributed by atoms with E-state index in [0.717, 1.165) is 19.3 Å². The van der Waals surface area contributed by atoms with Crippen molar-refractivity contribution in [3.05, 3.63) is 32.3 Å².